The molecule has 0 saturated carbocycles. The number of amides is 1. The molecule has 1 amide bonds. The molecule has 0 bridgehead atoms. The molecule has 2 heterocycles. The summed E-state index contributed by atoms with van der Waals surface area (Å²) in [6.07, 6.45) is 0. The third kappa shape index (κ3) is 6.00. The van der Waals surface area contributed by atoms with Crippen LogP contribution in [0.4, 0.5) is 10.1 Å². The molecule has 9 heteroatoms. The highest BCUT2D eigenvalue weighted by atomic mass is 19.1. The second-order valence-corrected chi connectivity index (χ2v) is 9.99. The number of methoxy groups -OCH3 is 1. The lowest BCUT2D eigenvalue weighted by atomic mass is 10.0. The minimum atomic E-state index is -0.694. The molecule has 0 radical (unpaired) electrons. The second-order valence-electron chi connectivity index (χ2n) is 9.99. The van der Waals surface area contributed by atoms with Crippen LogP contribution < -0.4 is 15.2 Å². The predicted molar refractivity (Wildman–Crippen MR) is 162 cm³/mol. The highest BCUT2D eigenvalue weighted by Gasteiger charge is 2.30. The Hall–Kier alpha value is -4.66. The van der Waals surface area contributed by atoms with Gasteiger partial charge in [0.15, 0.2) is 0 Å². The summed E-state index contributed by atoms with van der Waals surface area (Å²) in [6.45, 7) is 5.62. The average Bonchev–Trinajstić information content (AvgIpc) is 2.99. The first-order valence-electron chi connectivity index (χ1n) is 13.6. The summed E-state index contributed by atoms with van der Waals surface area (Å²) < 4.78 is 25.7. The number of fused-ring (bicyclic) bond motifs is 1. The number of nitrogens with zero attached hydrogens (tertiary/aromatic N) is 3. The third-order valence-electron chi connectivity index (χ3n) is 7.35. The smallest absolute Gasteiger partial charge is 0.345 e. The van der Waals surface area contributed by atoms with Crippen LogP contribution in [0.1, 0.15) is 46.2 Å². The van der Waals surface area contributed by atoms with Gasteiger partial charge in [-0.05, 0) is 67.9 Å². The fourth-order valence-corrected chi connectivity index (χ4v) is 5.25. The van der Waals surface area contributed by atoms with Gasteiger partial charge in [-0.25, -0.2) is 9.18 Å². The first-order valence-corrected chi connectivity index (χ1v) is 13.6. The van der Waals surface area contributed by atoms with Crippen molar-refractivity contribution < 1.29 is 23.5 Å². The number of esters is 1. The van der Waals surface area contributed by atoms with E-state index in [1.807, 2.05) is 30.0 Å². The fourth-order valence-electron chi connectivity index (χ4n) is 5.25. The van der Waals surface area contributed by atoms with Crippen molar-refractivity contribution in [2.75, 3.05) is 44.8 Å². The van der Waals surface area contributed by atoms with Crippen molar-refractivity contribution in [1.82, 2.24) is 9.47 Å². The number of pyridine rings is 1. The number of hydrogen-bond acceptors (Lipinski definition) is 6. The SMILES string of the molecule is C.CCOC(=O)c1c(N2CCN(C(=O)c3ccc(OC)cc3)CC2)c2cc(C)ccc2n(Cc2ccc(F)cc2)c1=O. The summed E-state index contributed by atoms with van der Waals surface area (Å²) in [5, 5.41) is 0.740. The Labute approximate surface area is 244 Å². The van der Waals surface area contributed by atoms with Crippen LogP contribution in [0.5, 0.6) is 5.75 Å². The zero-order chi connectivity index (χ0) is 29.1. The number of halogens is 1. The maximum atomic E-state index is 14.0. The molecule has 220 valence electrons. The minimum absolute atomic E-state index is 0. The standard InChI is InChI=1S/C32H32FN3O5.CH4/c1-4-41-32(39)28-29(34-15-17-35(18-16-34)30(37)23-8-12-25(40-3)13-9-23)26-19-21(2)5-14-27(26)36(31(28)38)20-22-6-10-24(33)11-7-22;/h5-14,19H,4,15-18,20H2,1-3H3;1H4. The van der Waals surface area contributed by atoms with E-state index in [-0.39, 0.29) is 37.9 Å². The molecular formula is C33H36FN3O5. The van der Waals surface area contributed by atoms with Crippen LogP contribution in [-0.4, -0.2) is 61.2 Å². The minimum Gasteiger partial charge on any atom is -0.497 e. The molecule has 42 heavy (non-hydrogen) atoms. The zero-order valence-electron chi connectivity index (χ0n) is 23.4. The van der Waals surface area contributed by atoms with Gasteiger partial charge in [0, 0.05) is 37.1 Å². The van der Waals surface area contributed by atoms with E-state index in [1.54, 1.807) is 59.9 Å². The Morgan fingerprint density at radius 2 is 1.60 bits per heavy atom. The van der Waals surface area contributed by atoms with Crippen molar-refractivity contribution in [3.05, 3.63) is 105 Å². The average molecular weight is 574 g/mol. The molecule has 1 aliphatic heterocycles. The molecule has 1 fully saturated rings. The van der Waals surface area contributed by atoms with Crippen LogP contribution in [0.3, 0.4) is 0 Å². The molecule has 3 aromatic carbocycles. The largest absolute Gasteiger partial charge is 0.497 e. The molecule has 0 spiro atoms. The number of anilines is 1. The van der Waals surface area contributed by atoms with E-state index in [2.05, 4.69) is 0 Å². The number of carbonyl (C=O) groups excluding carboxylic acids is 2. The monoisotopic (exact) mass is 573 g/mol. The number of benzene rings is 3. The molecular weight excluding hydrogens is 537 g/mol. The van der Waals surface area contributed by atoms with Crippen LogP contribution in [0.15, 0.2) is 71.5 Å². The van der Waals surface area contributed by atoms with Crippen molar-refractivity contribution in [2.24, 2.45) is 0 Å². The Bertz CT molecular complexity index is 1640. The lowest BCUT2D eigenvalue weighted by Crippen LogP contribution is -2.49. The summed E-state index contributed by atoms with van der Waals surface area (Å²) >= 11 is 0. The van der Waals surface area contributed by atoms with Gasteiger partial charge in [0.2, 0.25) is 0 Å². The van der Waals surface area contributed by atoms with E-state index >= 15 is 0 Å². The molecule has 1 aliphatic rings. The van der Waals surface area contributed by atoms with E-state index in [0.29, 0.717) is 48.7 Å². The molecule has 1 saturated heterocycles. The van der Waals surface area contributed by atoms with E-state index in [1.165, 1.54) is 12.1 Å². The third-order valence-corrected chi connectivity index (χ3v) is 7.35. The summed E-state index contributed by atoms with van der Waals surface area (Å²) in [6, 6.07) is 18.7. The van der Waals surface area contributed by atoms with E-state index < -0.39 is 11.5 Å². The molecule has 8 nitrogen and oxygen atoms in total. The number of hydrogen-bond donors (Lipinski definition) is 0. The molecule has 0 N–H and O–H groups in total. The van der Waals surface area contributed by atoms with Crippen LogP contribution in [0.2, 0.25) is 0 Å². The zero-order valence-corrected chi connectivity index (χ0v) is 23.4. The van der Waals surface area contributed by atoms with Crippen molar-refractivity contribution in [2.45, 2.75) is 27.8 Å². The van der Waals surface area contributed by atoms with Gasteiger partial charge in [0.1, 0.15) is 17.1 Å². The lowest BCUT2D eigenvalue weighted by Gasteiger charge is -2.37. The van der Waals surface area contributed by atoms with Gasteiger partial charge < -0.3 is 23.8 Å². The number of carbonyl (C=O) groups is 2. The van der Waals surface area contributed by atoms with E-state index in [4.69, 9.17) is 9.47 Å². The van der Waals surface area contributed by atoms with Gasteiger partial charge in [-0.1, -0.05) is 31.2 Å². The maximum Gasteiger partial charge on any atom is 0.345 e. The fraction of sp³-hybridized carbons (Fsp3) is 0.303. The summed E-state index contributed by atoms with van der Waals surface area (Å²) in [4.78, 5) is 44.3. The van der Waals surface area contributed by atoms with Gasteiger partial charge in [0.25, 0.3) is 11.5 Å². The normalized spacial score (nSPS) is 13.0. The summed E-state index contributed by atoms with van der Waals surface area (Å²) in [5.74, 6) is -0.475. The predicted octanol–water partition coefficient (Wildman–Crippen LogP) is 5.28. The van der Waals surface area contributed by atoms with Crippen LogP contribution >= 0.6 is 0 Å². The summed E-state index contributed by atoms with van der Waals surface area (Å²) in [5.41, 5.74) is 2.91. The molecule has 0 aliphatic carbocycles. The molecule has 5 rings (SSSR count). The highest BCUT2D eigenvalue weighted by molar-refractivity contribution is 6.06. The van der Waals surface area contributed by atoms with Gasteiger partial charge in [-0.15, -0.1) is 0 Å². The van der Waals surface area contributed by atoms with Gasteiger partial charge in [-0.2, -0.15) is 0 Å². The first-order chi connectivity index (χ1) is 19.8. The van der Waals surface area contributed by atoms with Crippen molar-refractivity contribution in [1.29, 1.82) is 0 Å². The quantitative estimate of drug-likeness (QED) is 0.280. The Morgan fingerprint density at radius 1 is 0.929 bits per heavy atom. The van der Waals surface area contributed by atoms with Crippen LogP contribution in [0, 0.1) is 12.7 Å². The highest BCUT2D eigenvalue weighted by Crippen LogP contribution is 2.32. The Morgan fingerprint density at radius 3 is 2.21 bits per heavy atom. The Balaban J connectivity index is 0.00000405. The second kappa shape index (κ2) is 12.9. The van der Waals surface area contributed by atoms with Crippen molar-refractivity contribution >= 4 is 28.5 Å². The molecule has 0 atom stereocenters. The molecule has 4 aromatic rings. The van der Waals surface area contributed by atoms with Crippen LogP contribution in [-0.2, 0) is 11.3 Å². The van der Waals surface area contributed by atoms with Crippen molar-refractivity contribution in [3.63, 3.8) is 0 Å². The summed E-state index contributed by atoms with van der Waals surface area (Å²) in [7, 11) is 1.58. The lowest BCUT2D eigenvalue weighted by molar-refractivity contribution is 0.0523. The Kier molecular flexibility index (Phi) is 9.30. The topological polar surface area (TPSA) is 81.1 Å². The van der Waals surface area contributed by atoms with Crippen LogP contribution in [0.25, 0.3) is 10.9 Å². The van der Waals surface area contributed by atoms with E-state index in [9.17, 15) is 18.8 Å². The molecule has 1 aromatic heterocycles. The number of piperazine rings is 1. The number of ether oxygens (including phenoxy) is 2. The maximum absolute atomic E-state index is 14.0. The van der Waals surface area contributed by atoms with Gasteiger partial charge in [-0.3, -0.25) is 9.59 Å². The van der Waals surface area contributed by atoms with Crippen molar-refractivity contribution in [3.8, 4) is 5.75 Å². The number of rotatable bonds is 7. The van der Waals surface area contributed by atoms with Gasteiger partial charge >= 0.3 is 5.97 Å². The number of aromatic nitrogens is 1. The first kappa shape index (κ1) is 30.3. The van der Waals surface area contributed by atoms with Gasteiger partial charge in [0.05, 0.1) is 31.5 Å². The number of aryl methyl sites for hydroxylation is 1. The molecule has 0 unspecified atom stereocenters. The van der Waals surface area contributed by atoms with E-state index in [0.717, 1.165) is 16.5 Å².